The molecular weight excluding hydrogens is 647 g/mol. The molecule has 6 saturated carbocycles. The molecule has 9 atom stereocenters. The first-order valence-corrected chi connectivity index (χ1v) is 21.0. The summed E-state index contributed by atoms with van der Waals surface area (Å²) in [5.74, 6) is 4.42. The fourth-order valence-electron chi connectivity index (χ4n) is 15.6. The van der Waals surface area contributed by atoms with E-state index in [0.717, 1.165) is 23.7 Å². The molecule has 6 fully saturated rings. The van der Waals surface area contributed by atoms with Crippen molar-refractivity contribution < 1.29 is 42.2 Å². The van der Waals surface area contributed by atoms with Gasteiger partial charge >= 0.3 is 281 Å². The molecule has 0 N–H and O–H groups in total. The third-order valence-corrected chi connectivity index (χ3v) is 24.6. The van der Waals surface area contributed by atoms with Crippen LogP contribution in [-0.2, 0) is 17.4 Å². The van der Waals surface area contributed by atoms with Crippen molar-refractivity contribution in [2.45, 2.75) is 98.1 Å². The second-order valence-electron chi connectivity index (χ2n) is 18.5. The Morgan fingerprint density at radius 3 is 1.70 bits per heavy atom. The molecular formula is C44H56Cl2Ti. The van der Waals surface area contributed by atoms with Crippen LogP contribution in [0.2, 0.25) is 4.22 Å². The first kappa shape index (κ1) is 34.5. The van der Waals surface area contributed by atoms with Crippen LogP contribution in [0.3, 0.4) is 0 Å². The molecule has 0 radical (unpaired) electrons. The van der Waals surface area contributed by atoms with E-state index in [4.69, 9.17) is 0 Å². The molecule has 47 heavy (non-hydrogen) atoms. The Hall–Kier alpha value is -0.916. The van der Waals surface area contributed by atoms with Gasteiger partial charge in [0.2, 0.25) is 0 Å². The molecule has 10 aliphatic carbocycles. The second kappa shape index (κ2) is 10.6. The molecule has 250 valence electrons. The first-order chi connectivity index (χ1) is 21.3. The van der Waals surface area contributed by atoms with Crippen LogP contribution < -0.4 is 24.8 Å². The van der Waals surface area contributed by atoms with Gasteiger partial charge in [-0.3, -0.25) is 0 Å². The molecule has 9 unspecified atom stereocenters. The molecule has 0 aromatic carbocycles. The Balaban J connectivity index is 0.00000176. The van der Waals surface area contributed by atoms with Crippen LogP contribution in [-0.4, -0.2) is 3.81 Å². The van der Waals surface area contributed by atoms with Crippen molar-refractivity contribution in [1.82, 2.24) is 0 Å². The molecule has 0 aromatic heterocycles. The van der Waals surface area contributed by atoms with Gasteiger partial charge in [-0.05, 0) is 0 Å². The molecule has 0 nitrogen and oxygen atoms in total. The van der Waals surface area contributed by atoms with Crippen LogP contribution in [0.25, 0.3) is 0 Å². The summed E-state index contributed by atoms with van der Waals surface area (Å²) in [4.78, 5) is 0. The van der Waals surface area contributed by atoms with Crippen LogP contribution in [0.5, 0.6) is 0 Å². The summed E-state index contributed by atoms with van der Waals surface area (Å²) >= 11 is -2.01. The molecule has 0 saturated heterocycles. The van der Waals surface area contributed by atoms with E-state index < -0.39 is 17.4 Å². The molecule has 0 spiro atoms. The minimum Gasteiger partial charge on any atom is -1.00 e. The van der Waals surface area contributed by atoms with Crippen LogP contribution in [0, 0.1) is 67.5 Å². The van der Waals surface area contributed by atoms with Gasteiger partial charge in [-0.15, -0.1) is 0 Å². The smallest absolute Gasteiger partial charge is 1.00 e. The van der Waals surface area contributed by atoms with Gasteiger partial charge in [0.15, 0.2) is 0 Å². The normalized spacial score (nSPS) is 53.2. The van der Waals surface area contributed by atoms with Gasteiger partial charge in [-0.2, -0.15) is 0 Å². The van der Waals surface area contributed by atoms with E-state index in [9.17, 15) is 0 Å². The average molecular weight is 704 g/mol. The van der Waals surface area contributed by atoms with Crippen molar-refractivity contribution in [2.75, 3.05) is 0 Å². The minimum absolute atomic E-state index is 0. The fourth-order valence-corrected chi connectivity index (χ4v) is 23.5. The monoisotopic (exact) mass is 702 g/mol. The Bertz CT molecular complexity index is 1650. The average Bonchev–Trinajstić information content (AvgIpc) is 3.59. The van der Waals surface area contributed by atoms with Crippen molar-refractivity contribution in [2.24, 2.45) is 67.5 Å². The van der Waals surface area contributed by atoms with Crippen molar-refractivity contribution in [3.8, 4) is 0 Å². The van der Waals surface area contributed by atoms with Gasteiger partial charge in [0.05, 0.1) is 0 Å². The number of hydrogen-bond acceptors (Lipinski definition) is 0. The molecule has 3 heteroatoms. The predicted molar refractivity (Wildman–Crippen MR) is 187 cm³/mol. The summed E-state index contributed by atoms with van der Waals surface area (Å²) in [6.45, 7) is 21.8. The number of rotatable bonds is 2. The maximum absolute atomic E-state index is 2.88. The van der Waals surface area contributed by atoms with Gasteiger partial charge in [0.1, 0.15) is 0 Å². The largest absolute Gasteiger partial charge is 1.00 e. The second-order valence-corrected chi connectivity index (χ2v) is 22.7. The maximum atomic E-state index is 2.88. The standard InChI is InChI=1S/C29H37.C10H14.C5H5.2ClH.Ti/c1-21-14-13-15-22-20-27(6)25(4)18-10-9-16-23(25,2)24(3)17-11-12-19-26(24,5)29(27,8)28(21,22)7;1-7-2-9-4-8(1)5-10(3-7)6-9;1-2-4-5-3-1;;;/h9-20,22H,1-8H3;7-10H,1-5H2;1-3H,4H2;2*1H;/q;;;;;+2/p-2. The number of halogens is 2. The zero-order valence-electron chi connectivity index (χ0n) is 30.0. The predicted octanol–water partition coefficient (Wildman–Crippen LogP) is 5.33. The summed E-state index contributed by atoms with van der Waals surface area (Å²) in [5, 5.41) is 0. The molecule has 10 aliphatic rings. The quantitative estimate of drug-likeness (QED) is 0.342. The molecule has 0 aromatic rings. The Morgan fingerprint density at radius 2 is 1.15 bits per heavy atom. The van der Waals surface area contributed by atoms with Gasteiger partial charge in [-0.25, -0.2) is 0 Å². The minimum atomic E-state index is -2.01. The summed E-state index contributed by atoms with van der Waals surface area (Å²) in [6, 6.07) is 0. The zero-order valence-corrected chi connectivity index (χ0v) is 33.1. The zero-order chi connectivity index (χ0) is 31.4. The summed E-state index contributed by atoms with van der Waals surface area (Å²) in [7, 11) is 0. The van der Waals surface area contributed by atoms with Gasteiger partial charge in [0.25, 0.3) is 0 Å². The Morgan fingerprint density at radius 1 is 0.617 bits per heavy atom. The Labute approximate surface area is 304 Å². The van der Waals surface area contributed by atoms with E-state index in [0.29, 0.717) is 10.1 Å². The van der Waals surface area contributed by atoms with Gasteiger partial charge in [-0.1, -0.05) is 0 Å². The number of fused-ring (bicyclic) bond motifs is 8. The summed E-state index contributed by atoms with van der Waals surface area (Å²) in [6.07, 6.45) is 44.7. The molecule has 0 aliphatic heterocycles. The fraction of sp³-hybridized carbons (Fsp3) is 0.614. The summed E-state index contributed by atoms with van der Waals surface area (Å²) < 4.78 is 4.80. The van der Waals surface area contributed by atoms with Gasteiger partial charge < -0.3 is 24.8 Å². The maximum Gasteiger partial charge on any atom is -1.00 e. The van der Waals surface area contributed by atoms with E-state index >= 15 is 0 Å². The van der Waals surface area contributed by atoms with E-state index in [-0.39, 0.29) is 62.7 Å². The van der Waals surface area contributed by atoms with Crippen molar-refractivity contribution in [3.63, 3.8) is 0 Å². The van der Waals surface area contributed by atoms with Crippen LogP contribution >= 0.6 is 0 Å². The number of allylic oxidation sites excluding steroid dienone is 16. The van der Waals surface area contributed by atoms with E-state index in [1.165, 1.54) is 38.5 Å². The Kier molecular flexibility index (Phi) is 7.76. The number of hydrogen-bond donors (Lipinski definition) is 0. The van der Waals surface area contributed by atoms with Gasteiger partial charge in [0, 0.05) is 0 Å². The molecule has 0 heterocycles. The third kappa shape index (κ3) is 3.48. The van der Waals surface area contributed by atoms with Crippen molar-refractivity contribution in [1.29, 1.82) is 0 Å². The first-order valence-electron chi connectivity index (χ1n) is 18.5. The topological polar surface area (TPSA) is 0 Å². The summed E-state index contributed by atoms with van der Waals surface area (Å²) in [5.41, 5.74) is 1.78. The molecule has 4 bridgehead atoms. The SMILES string of the molecule is CC1=CC=CC2[CH]([Ti+2]([C]3=CC=CC3)=[C]3C4CC5CC(C4)CC3C5)C3(C)C4(C)C=CC=CC4(C)C4(C)C=CC=CC4(C)C3(C)C12C.[Cl-].[Cl-]. The van der Waals surface area contributed by atoms with Crippen LogP contribution in [0.1, 0.15) is 93.9 Å². The molecule has 0 amide bonds. The van der Waals surface area contributed by atoms with E-state index in [1.54, 1.807) is 5.57 Å². The van der Waals surface area contributed by atoms with E-state index in [1.807, 2.05) is 3.88 Å². The van der Waals surface area contributed by atoms with Crippen molar-refractivity contribution in [3.05, 3.63) is 94.5 Å². The van der Waals surface area contributed by atoms with E-state index in [2.05, 4.69) is 144 Å². The molecule has 10 rings (SSSR count). The van der Waals surface area contributed by atoms with Crippen molar-refractivity contribution >= 4 is 3.81 Å². The van der Waals surface area contributed by atoms with Crippen LogP contribution in [0.15, 0.2) is 94.5 Å². The third-order valence-electron chi connectivity index (χ3n) is 18.3. The van der Waals surface area contributed by atoms with Crippen LogP contribution in [0.4, 0.5) is 0 Å².